The van der Waals surface area contributed by atoms with Gasteiger partial charge in [-0.05, 0) is 26.0 Å². The van der Waals surface area contributed by atoms with Crippen LogP contribution in [0.15, 0.2) is 12.1 Å². The van der Waals surface area contributed by atoms with Gasteiger partial charge < -0.3 is 11.1 Å². The first-order chi connectivity index (χ1) is 7.15. The summed E-state index contributed by atoms with van der Waals surface area (Å²) in [5.74, 6) is 0.645. The molecule has 0 aliphatic carbocycles. The Hall–Kier alpha value is -1.69. The van der Waals surface area contributed by atoms with Gasteiger partial charge in [-0.25, -0.2) is 4.98 Å². The zero-order valence-corrected chi connectivity index (χ0v) is 8.56. The maximum absolute atomic E-state index is 10.5. The topological polar surface area (TPSA) is 94.1 Å². The molecule has 3 N–H and O–H groups in total. The molecule has 0 bridgehead atoms. The second kappa shape index (κ2) is 5.26. The van der Waals surface area contributed by atoms with Gasteiger partial charge in [-0.3, -0.25) is 10.1 Å². The number of pyridine rings is 1. The Kier molecular flexibility index (Phi) is 3.99. The number of hydrogen-bond donors (Lipinski definition) is 2. The summed E-state index contributed by atoms with van der Waals surface area (Å²) in [4.78, 5) is 14.2. The molecule has 82 valence electrons. The largest absolute Gasteiger partial charge is 0.370 e. The van der Waals surface area contributed by atoms with Crippen molar-refractivity contribution in [1.82, 2.24) is 4.98 Å². The Bertz CT molecular complexity index is 354. The smallest absolute Gasteiger partial charge is 0.290 e. The van der Waals surface area contributed by atoms with E-state index in [4.69, 9.17) is 5.73 Å². The highest BCUT2D eigenvalue weighted by Crippen LogP contribution is 2.17. The van der Waals surface area contributed by atoms with Gasteiger partial charge in [-0.1, -0.05) is 0 Å². The van der Waals surface area contributed by atoms with Crippen LogP contribution in [0.2, 0.25) is 0 Å². The molecule has 1 aromatic heterocycles. The van der Waals surface area contributed by atoms with Crippen molar-refractivity contribution in [2.45, 2.75) is 13.3 Å². The van der Waals surface area contributed by atoms with Crippen LogP contribution >= 0.6 is 0 Å². The highest BCUT2D eigenvalue weighted by atomic mass is 16.6. The van der Waals surface area contributed by atoms with E-state index in [0.717, 1.165) is 13.0 Å². The minimum atomic E-state index is -0.438. The van der Waals surface area contributed by atoms with Crippen molar-refractivity contribution in [3.63, 3.8) is 0 Å². The molecule has 0 saturated carbocycles. The van der Waals surface area contributed by atoms with Crippen LogP contribution in [0.5, 0.6) is 0 Å². The van der Waals surface area contributed by atoms with Crippen molar-refractivity contribution in [1.29, 1.82) is 0 Å². The van der Waals surface area contributed by atoms with Gasteiger partial charge >= 0.3 is 0 Å². The van der Waals surface area contributed by atoms with E-state index in [-0.39, 0.29) is 5.69 Å². The van der Waals surface area contributed by atoms with Crippen molar-refractivity contribution in [3.8, 4) is 0 Å². The van der Waals surface area contributed by atoms with Crippen LogP contribution in [-0.4, -0.2) is 23.0 Å². The summed E-state index contributed by atoms with van der Waals surface area (Å²) in [7, 11) is 0. The van der Waals surface area contributed by atoms with E-state index in [1.54, 1.807) is 13.0 Å². The first-order valence-corrected chi connectivity index (χ1v) is 4.71. The zero-order chi connectivity index (χ0) is 11.3. The number of nitrogens with two attached hydrogens (primary N) is 1. The minimum absolute atomic E-state index is 0.0411. The summed E-state index contributed by atoms with van der Waals surface area (Å²) in [5.41, 5.74) is 5.79. The van der Waals surface area contributed by atoms with Crippen LogP contribution in [0.4, 0.5) is 11.5 Å². The summed E-state index contributed by atoms with van der Waals surface area (Å²) in [6.45, 7) is 2.95. The molecule has 6 nitrogen and oxygen atoms in total. The van der Waals surface area contributed by atoms with Crippen molar-refractivity contribution < 1.29 is 4.92 Å². The standard InChI is InChI=1S/C9H14N4O2/c1-7-8(13(14)15)3-4-9(12-7)11-6-2-5-10/h3-4H,2,5-6,10H2,1H3,(H,11,12). The number of hydrogen-bond acceptors (Lipinski definition) is 5. The van der Waals surface area contributed by atoms with E-state index in [0.29, 0.717) is 18.1 Å². The number of nitrogens with zero attached hydrogens (tertiary/aromatic N) is 2. The lowest BCUT2D eigenvalue weighted by molar-refractivity contribution is -0.385. The van der Waals surface area contributed by atoms with Crippen LogP contribution in [0.3, 0.4) is 0 Å². The fraction of sp³-hybridized carbons (Fsp3) is 0.444. The van der Waals surface area contributed by atoms with Crippen molar-refractivity contribution in [2.75, 3.05) is 18.4 Å². The molecule has 0 fully saturated rings. The molecule has 0 aliphatic heterocycles. The third-order valence-electron chi connectivity index (χ3n) is 1.94. The quantitative estimate of drug-likeness (QED) is 0.430. The van der Waals surface area contributed by atoms with E-state index in [9.17, 15) is 10.1 Å². The highest BCUT2D eigenvalue weighted by molar-refractivity contribution is 5.44. The number of anilines is 1. The predicted molar refractivity (Wildman–Crippen MR) is 57.8 cm³/mol. The van der Waals surface area contributed by atoms with Gasteiger partial charge in [-0.15, -0.1) is 0 Å². The molecule has 1 aromatic rings. The SMILES string of the molecule is Cc1nc(NCCCN)ccc1[N+](=O)[O-]. The first-order valence-electron chi connectivity index (χ1n) is 4.71. The fourth-order valence-corrected chi connectivity index (χ4v) is 1.16. The maximum Gasteiger partial charge on any atom is 0.290 e. The van der Waals surface area contributed by atoms with E-state index in [2.05, 4.69) is 10.3 Å². The zero-order valence-electron chi connectivity index (χ0n) is 8.56. The molecule has 0 spiro atoms. The second-order valence-electron chi connectivity index (χ2n) is 3.13. The monoisotopic (exact) mass is 210 g/mol. The average molecular weight is 210 g/mol. The van der Waals surface area contributed by atoms with Gasteiger partial charge in [0.25, 0.3) is 5.69 Å². The average Bonchev–Trinajstić information content (AvgIpc) is 2.17. The third kappa shape index (κ3) is 3.17. The summed E-state index contributed by atoms with van der Waals surface area (Å²) in [6.07, 6.45) is 0.845. The number of aromatic nitrogens is 1. The predicted octanol–water partition coefficient (Wildman–Crippen LogP) is 1.06. The Morgan fingerprint density at radius 3 is 2.87 bits per heavy atom. The molecule has 0 aromatic carbocycles. The number of nitrogens with one attached hydrogen (secondary N) is 1. The van der Waals surface area contributed by atoms with Gasteiger partial charge in [0, 0.05) is 12.6 Å². The maximum atomic E-state index is 10.5. The van der Waals surface area contributed by atoms with Crippen LogP contribution in [0.25, 0.3) is 0 Å². The number of rotatable bonds is 5. The van der Waals surface area contributed by atoms with Gasteiger partial charge in [0.1, 0.15) is 11.5 Å². The number of aryl methyl sites for hydroxylation is 1. The first kappa shape index (κ1) is 11.4. The Labute approximate surface area is 87.7 Å². The lowest BCUT2D eigenvalue weighted by Crippen LogP contribution is -2.09. The Morgan fingerprint density at radius 2 is 2.33 bits per heavy atom. The van der Waals surface area contributed by atoms with Crippen molar-refractivity contribution in [3.05, 3.63) is 27.9 Å². The van der Waals surface area contributed by atoms with E-state index in [1.807, 2.05) is 0 Å². The van der Waals surface area contributed by atoms with Gasteiger partial charge in [0.15, 0.2) is 0 Å². The summed E-state index contributed by atoms with van der Waals surface area (Å²) < 4.78 is 0. The van der Waals surface area contributed by atoms with Gasteiger partial charge in [-0.2, -0.15) is 0 Å². The lowest BCUT2D eigenvalue weighted by Gasteiger charge is -2.05. The van der Waals surface area contributed by atoms with Gasteiger partial charge in [0.2, 0.25) is 0 Å². The van der Waals surface area contributed by atoms with E-state index < -0.39 is 4.92 Å². The van der Waals surface area contributed by atoms with Gasteiger partial charge in [0.05, 0.1) is 4.92 Å². The van der Waals surface area contributed by atoms with Crippen LogP contribution < -0.4 is 11.1 Å². The van der Waals surface area contributed by atoms with E-state index >= 15 is 0 Å². The molecule has 0 aliphatic rings. The molecule has 1 rings (SSSR count). The molecule has 0 saturated heterocycles. The van der Waals surface area contributed by atoms with Crippen LogP contribution in [0.1, 0.15) is 12.1 Å². The lowest BCUT2D eigenvalue weighted by atomic mass is 10.3. The van der Waals surface area contributed by atoms with Crippen LogP contribution in [0, 0.1) is 17.0 Å². The number of nitro groups is 1. The summed E-state index contributed by atoms with van der Waals surface area (Å²) >= 11 is 0. The molecule has 0 atom stereocenters. The third-order valence-corrected chi connectivity index (χ3v) is 1.94. The van der Waals surface area contributed by atoms with Crippen LogP contribution in [-0.2, 0) is 0 Å². The normalized spacial score (nSPS) is 10.0. The highest BCUT2D eigenvalue weighted by Gasteiger charge is 2.11. The molecule has 1 heterocycles. The summed E-state index contributed by atoms with van der Waals surface area (Å²) in [6, 6.07) is 3.05. The minimum Gasteiger partial charge on any atom is -0.370 e. The Morgan fingerprint density at radius 1 is 1.60 bits per heavy atom. The molecular formula is C9H14N4O2. The molecular weight excluding hydrogens is 196 g/mol. The van der Waals surface area contributed by atoms with Crippen molar-refractivity contribution in [2.24, 2.45) is 5.73 Å². The van der Waals surface area contributed by atoms with Crippen molar-refractivity contribution >= 4 is 11.5 Å². The summed E-state index contributed by atoms with van der Waals surface area (Å²) in [5, 5.41) is 13.6. The molecule has 0 amide bonds. The molecule has 0 unspecified atom stereocenters. The van der Waals surface area contributed by atoms with E-state index in [1.165, 1.54) is 6.07 Å². The molecule has 0 radical (unpaired) electrons. The molecule has 6 heteroatoms. The molecule has 15 heavy (non-hydrogen) atoms. The second-order valence-corrected chi connectivity index (χ2v) is 3.13. The fourth-order valence-electron chi connectivity index (χ4n) is 1.16. The Balaban J connectivity index is 2.69.